The number of aliphatic hydroxyl groups is 1. The monoisotopic (exact) mass is 310 g/mol. The number of nitrogens with two attached hydrogens (primary N) is 1. The number of aromatic nitrogens is 1. The van der Waals surface area contributed by atoms with Crippen LogP contribution in [0.3, 0.4) is 0 Å². The van der Waals surface area contributed by atoms with Crippen LogP contribution in [0.25, 0.3) is 0 Å². The Morgan fingerprint density at radius 2 is 2.10 bits per heavy atom. The fraction of sp³-hybridized carbons (Fsp3) is 0.714. The van der Waals surface area contributed by atoms with E-state index in [4.69, 9.17) is 5.73 Å². The van der Waals surface area contributed by atoms with E-state index in [1.54, 1.807) is 4.90 Å². The van der Waals surface area contributed by atoms with Crippen molar-refractivity contribution in [3.8, 4) is 0 Å². The van der Waals surface area contributed by atoms with Gasteiger partial charge in [-0.15, -0.1) is 0 Å². The van der Waals surface area contributed by atoms with Gasteiger partial charge in [-0.05, 0) is 25.7 Å². The van der Waals surface area contributed by atoms with E-state index in [-0.39, 0.29) is 18.4 Å². The lowest BCUT2D eigenvalue weighted by Crippen LogP contribution is -2.29. The van der Waals surface area contributed by atoms with Gasteiger partial charge in [-0.1, -0.05) is 11.3 Å². The van der Waals surface area contributed by atoms with Crippen molar-refractivity contribution in [2.75, 3.05) is 43.4 Å². The summed E-state index contributed by atoms with van der Waals surface area (Å²) in [6, 6.07) is 0. The molecule has 1 aromatic rings. The third kappa shape index (κ3) is 2.98. The summed E-state index contributed by atoms with van der Waals surface area (Å²) in [5.74, 6) is 0.506. The molecule has 3 heterocycles. The first-order chi connectivity index (χ1) is 10.2. The molecule has 1 amide bonds. The van der Waals surface area contributed by atoms with Crippen molar-refractivity contribution in [3.63, 3.8) is 0 Å². The van der Waals surface area contributed by atoms with Crippen LogP contribution in [0.1, 0.15) is 35.4 Å². The number of likely N-dealkylation sites (tertiary alicyclic amines) is 1. The number of aliphatic hydroxyl groups excluding tert-OH is 1. The van der Waals surface area contributed by atoms with Crippen LogP contribution in [0.5, 0.6) is 0 Å². The molecule has 3 rings (SSSR count). The Labute approximate surface area is 128 Å². The number of amides is 1. The maximum absolute atomic E-state index is 12.5. The zero-order chi connectivity index (χ0) is 14.8. The van der Waals surface area contributed by atoms with Gasteiger partial charge in [-0.2, -0.15) is 0 Å². The molecule has 2 aliphatic rings. The summed E-state index contributed by atoms with van der Waals surface area (Å²) in [6.45, 7) is 3.45. The molecule has 2 aliphatic heterocycles. The molecule has 0 saturated carbocycles. The van der Waals surface area contributed by atoms with Crippen LogP contribution in [0.15, 0.2) is 0 Å². The van der Waals surface area contributed by atoms with E-state index in [1.165, 1.54) is 30.6 Å². The molecule has 3 N–H and O–H groups in total. The van der Waals surface area contributed by atoms with Gasteiger partial charge in [0.15, 0.2) is 5.13 Å². The van der Waals surface area contributed by atoms with Gasteiger partial charge in [-0.3, -0.25) is 4.79 Å². The molecule has 0 aromatic carbocycles. The zero-order valence-corrected chi connectivity index (χ0v) is 12.9. The highest BCUT2D eigenvalue weighted by Crippen LogP contribution is 2.32. The summed E-state index contributed by atoms with van der Waals surface area (Å²) in [5, 5.41) is 10.1. The number of hydrogen-bond donors (Lipinski definition) is 2. The smallest absolute Gasteiger partial charge is 0.267 e. The first kappa shape index (κ1) is 14.6. The quantitative estimate of drug-likeness (QED) is 0.876. The van der Waals surface area contributed by atoms with Crippen molar-refractivity contribution >= 4 is 28.2 Å². The minimum atomic E-state index is -0.0378. The van der Waals surface area contributed by atoms with Crippen molar-refractivity contribution in [1.29, 1.82) is 0 Å². The molecule has 6 nitrogen and oxygen atoms in total. The number of anilines is 2. The Morgan fingerprint density at radius 1 is 1.33 bits per heavy atom. The van der Waals surface area contributed by atoms with Gasteiger partial charge in [0.25, 0.3) is 5.91 Å². The highest BCUT2D eigenvalue weighted by atomic mass is 32.1. The van der Waals surface area contributed by atoms with Crippen LogP contribution in [-0.4, -0.2) is 53.7 Å². The third-order valence-corrected chi connectivity index (χ3v) is 5.41. The van der Waals surface area contributed by atoms with Crippen LogP contribution in [-0.2, 0) is 0 Å². The number of rotatable bonds is 3. The zero-order valence-electron chi connectivity index (χ0n) is 12.1. The molecular weight excluding hydrogens is 288 g/mol. The minimum Gasteiger partial charge on any atom is -0.396 e. The molecule has 2 fully saturated rings. The summed E-state index contributed by atoms with van der Waals surface area (Å²) >= 11 is 1.41. The standard InChI is InChI=1S/C14H22N4O2S/c15-12-11(13(20)18-7-4-10(8-18)9-19)21-14(16-12)17-5-2-1-3-6-17/h10,19H,1-9,15H2. The Hall–Kier alpha value is -1.34. The number of thiazole rings is 1. The van der Waals surface area contributed by atoms with Gasteiger partial charge in [0.1, 0.15) is 10.7 Å². The predicted octanol–water partition coefficient (Wildman–Crippen LogP) is 1.17. The number of nitrogens with zero attached hydrogens (tertiary/aromatic N) is 3. The van der Waals surface area contributed by atoms with Gasteiger partial charge in [0.2, 0.25) is 0 Å². The number of carbonyl (C=O) groups is 1. The van der Waals surface area contributed by atoms with Gasteiger partial charge in [-0.25, -0.2) is 4.98 Å². The molecular formula is C14H22N4O2S. The first-order valence-corrected chi connectivity index (χ1v) is 8.42. The lowest BCUT2D eigenvalue weighted by molar-refractivity contribution is 0.0787. The van der Waals surface area contributed by atoms with E-state index in [9.17, 15) is 9.90 Å². The number of hydrogen-bond acceptors (Lipinski definition) is 6. The number of piperidine rings is 1. The van der Waals surface area contributed by atoms with Crippen molar-refractivity contribution in [3.05, 3.63) is 4.88 Å². The third-order valence-electron chi connectivity index (χ3n) is 4.29. The van der Waals surface area contributed by atoms with Crippen LogP contribution >= 0.6 is 11.3 Å². The SMILES string of the molecule is Nc1nc(N2CCCCC2)sc1C(=O)N1CCC(CO)C1. The molecule has 0 spiro atoms. The second-order valence-electron chi connectivity index (χ2n) is 5.85. The van der Waals surface area contributed by atoms with E-state index in [0.717, 1.165) is 24.6 Å². The molecule has 7 heteroatoms. The Kier molecular flexibility index (Phi) is 4.30. The maximum atomic E-state index is 12.5. The lowest BCUT2D eigenvalue weighted by Gasteiger charge is -2.25. The molecule has 0 bridgehead atoms. The Balaban J connectivity index is 1.73. The Bertz CT molecular complexity index is 513. The minimum absolute atomic E-state index is 0.0378. The van der Waals surface area contributed by atoms with E-state index < -0.39 is 0 Å². The molecule has 1 aromatic heterocycles. The van der Waals surface area contributed by atoms with Gasteiger partial charge < -0.3 is 20.6 Å². The molecule has 2 saturated heterocycles. The van der Waals surface area contributed by atoms with E-state index >= 15 is 0 Å². The first-order valence-electron chi connectivity index (χ1n) is 7.60. The normalized spacial score (nSPS) is 22.8. The predicted molar refractivity (Wildman–Crippen MR) is 83.7 cm³/mol. The largest absolute Gasteiger partial charge is 0.396 e. The topological polar surface area (TPSA) is 82.7 Å². The van der Waals surface area contributed by atoms with Crippen LogP contribution in [0.2, 0.25) is 0 Å². The molecule has 0 aliphatic carbocycles. The summed E-state index contributed by atoms with van der Waals surface area (Å²) in [7, 11) is 0. The molecule has 1 atom stereocenters. The average Bonchev–Trinajstić information content (AvgIpc) is 3.14. The van der Waals surface area contributed by atoms with E-state index in [0.29, 0.717) is 23.8 Å². The summed E-state index contributed by atoms with van der Waals surface area (Å²) in [6.07, 6.45) is 4.47. The lowest BCUT2D eigenvalue weighted by atomic mass is 10.1. The highest BCUT2D eigenvalue weighted by Gasteiger charge is 2.30. The summed E-state index contributed by atoms with van der Waals surface area (Å²) in [5.41, 5.74) is 5.96. The second-order valence-corrected chi connectivity index (χ2v) is 6.82. The molecule has 1 unspecified atom stereocenters. The number of carbonyl (C=O) groups excluding carboxylic acids is 1. The maximum Gasteiger partial charge on any atom is 0.267 e. The van der Waals surface area contributed by atoms with Crippen molar-refractivity contribution in [1.82, 2.24) is 9.88 Å². The molecule has 0 radical (unpaired) electrons. The fourth-order valence-corrected chi connectivity index (χ4v) is 4.01. The van der Waals surface area contributed by atoms with Crippen molar-refractivity contribution in [2.45, 2.75) is 25.7 Å². The number of nitrogen functional groups attached to an aromatic ring is 1. The van der Waals surface area contributed by atoms with Crippen molar-refractivity contribution < 1.29 is 9.90 Å². The Morgan fingerprint density at radius 3 is 2.76 bits per heavy atom. The summed E-state index contributed by atoms with van der Waals surface area (Å²) < 4.78 is 0. The fourth-order valence-electron chi connectivity index (χ4n) is 3.00. The average molecular weight is 310 g/mol. The second kappa shape index (κ2) is 6.19. The van der Waals surface area contributed by atoms with Crippen LogP contribution < -0.4 is 10.6 Å². The molecule has 21 heavy (non-hydrogen) atoms. The highest BCUT2D eigenvalue weighted by molar-refractivity contribution is 7.18. The van der Waals surface area contributed by atoms with E-state index in [1.807, 2.05) is 0 Å². The van der Waals surface area contributed by atoms with Gasteiger partial charge in [0, 0.05) is 38.7 Å². The van der Waals surface area contributed by atoms with Crippen LogP contribution in [0.4, 0.5) is 10.9 Å². The van der Waals surface area contributed by atoms with Gasteiger partial charge >= 0.3 is 0 Å². The molecule has 116 valence electrons. The van der Waals surface area contributed by atoms with Crippen molar-refractivity contribution in [2.24, 2.45) is 5.92 Å². The van der Waals surface area contributed by atoms with Crippen LogP contribution in [0, 0.1) is 5.92 Å². The summed E-state index contributed by atoms with van der Waals surface area (Å²) in [4.78, 5) is 21.5. The van der Waals surface area contributed by atoms with E-state index in [2.05, 4.69) is 9.88 Å². The van der Waals surface area contributed by atoms with Gasteiger partial charge in [0.05, 0.1) is 0 Å².